The lowest BCUT2D eigenvalue weighted by Crippen LogP contribution is -2.08. The van der Waals surface area contributed by atoms with Gasteiger partial charge < -0.3 is 29.8 Å². The van der Waals surface area contributed by atoms with Gasteiger partial charge in [-0.25, -0.2) is 16.8 Å². The molecule has 0 aliphatic carbocycles. The summed E-state index contributed by atoms with van der Waals surface area (Å²) in [5.74, 6) is -1.04. The second kappa shape index (κ2) is 15.1. The number of anilines is 1. The van der Waals surface area contributed by atoms with Crippen molar-refractivity contribution in [2.24, 2.45) is 20.5 Å². The number of azo groups is 2. The third kappa shape index (κ3) is 7.82. The molecule has 0 aliphatic heterocycles. The van der Waals surface area contributed by atoms with Crippen molar-refractivity contribution in [2.45, 2.75) is 35.0 Å². The van der Waals surface area contributed by atoms with Gasteiger partial charge in [0.1, 0.15) is 60.4 Å². The highest BCUT2D eigenvalue weighted by Crippen LogP contribution is 2.47. The fourth-order valence-corrected chi connectivity index (χ4v) is 8.15. The molecule has 274 valence electrons. The second-order valence-electron chi connectivity index (χ2n) is 10.6. The number of nitrogens with two attached hydrogens (primary N) is 1. The molecule has 17 nitrogen and oxygen atoms in total. The average Bonchev–Trinajstić information content (AvgIpc) is 3.09. The summed E-state index contributed by atoms with van der Waals surface area (Å²) < 4.78 is 107. The molecule has 0 bridgehead atoms. The van der Waals surface area contributed by atoms with Gasteiger partial charge in [0.2, 0.25) is 0 Å². The summed E-state index contributed by atoms with van der Waals surface area (Å²) >= 11 is 0. The Morgan fingerprint density at radius 3 is 1.61 bits per heavy atom. The molecule has 0 spiro atoms. The maximum absolute atomic E-state index is 12.8. The van der Waals surface area contributed by atoms with Gasteiger partial charge in [0, 0.05) is 24.3 Å². The highest BCUT2D eigenvalue weighted by atomic mass is 32.2. The van der Waals surface area contributed by atoms with Crippen LogP contribution in [0.4, 0.5) is 28.4 Å². The fourth-order valence-electron chi connectivity index (χ4n) is 4.94. The predicted octanol–water partition coefficient (Wildman–Crippen LogP) is 6.22. The van der Waals surface area contributed by atoms with E-state index in [9.17, 15) is 34.9 Å². The van der Waals surface area contributed by atoms with Gasteiger partial charge in [-0.05, 0) is 23.9 Å². The van der Waals surface area contributed by atoms with Gasteiger partial charge in [0.25, 0.3) is 10.1 Å². The van der Waals surface area contributed by atoms with Crippen molar-refractivity contribution in [2.75, 3.05) is 45.7 Å². The molecule has 0 saturated carbocycles. The first-order valence-corrected chi connectivity index (χ1v) is 19.6. The summed E-state index contributed by atoms with van der Waals surface area (Å²) in [6, 6.07) is 8.60. The van der Waals surface area contributed by atoms with Gasteiger partial charge in [0.15, 0.2) is 25.4 Å². The van der Waals surface area contributed by atoms with Crippen LogP contribution >= 0.6 is 0 Å². The number of phenols is 1. The topological polar surface area (TPSA) is 255 Å². The first-order valence-electron chi connectivity index (χ1n) is 14.8. The molecule has 0 radical (unpaired) electrons. The SMILES string of the molecule is CCCS(=O)(=O)c1cc(OC)c(N=Nc2c(S(=O)(=O)O)cc3ccc(N=Nc4cc(OC)c(S(=O)(=O)CC)cc4OC)c(O)c3c2N)cc1OC. The van der Waals surface area contributed by atoms with Crippen LogP contribution in [-0.2, 0) is 29.8 Å². The number of hydrogen-bond donors (Lipinski definition) is 3. The van der Waals surface area contributed by atoms with Crippen molar-refractivity contribution < 1.29 is 53.9 Å². The third-order valence-corrected chi connectivity index (χ3v) is 12.0. The van der Waals surface area contributed by atoms with Crippen molar-refractivity contribution in [3.05, 3.63) is 42.5 Å². The Hall–Kier alpha value is -5.05. The Balaban J connectivity index is 1.90. The molecular formula is C31H35N5O12S3. The quantitative estimate of drug-likeness (QED) is 0.0733. The first kappa shape index (κ1) is 38.7. The smallest absolute Gasteiger partial charge is 0.296 e. The molecule has 4 rings (SSSR count). The van der Waals surface area contributed by atoms with Crippen LogP contribution in [0.2, 0.25) is 0 Å². The molecule has 0 aromatic heterocycles. The van der Waals surface area contributed by atoms with Crippen molar-refractivity contribution in [1.29, 1.82) is 0 Å². The van der Waals surface area contributed by atoms with Gasteiger partial charge in [-0.2, -0.15) is 8.42 Å². The summed E-state index contributed by atoms with van der Waals surface area (Å²) in [5, 5.41) is 27.4. The van der Waals surface area contributed by atoms with E-state index in [1.807, 2.05) is 0 Å². The summed E-state index contributed by atoms with van der Waals surface area (Å²) in [6.07, 6.45) is 0.340. The van der Waals surface area contributed by atoms with Crippen LogP contribution in [0.3, 0.4) is 0 Å². The molecule has 0 saturated heterocycles. The number of phenolic OH excluding ortho intramolecular Hbond substituents is 1. The van der Waals surface area contributed by atoms with Crippen LogP contribution in [0.15, 0.2) is 77.6 Å². The van der Waals surface area contributed by atoms with Crippen LogP contribution in [0.25, 0.3) is 10.8 Å². The minimum atomic E-state index is -4.97. The summed E-state index contributed by atoms with van der Waals surface area (Å²) in [7, 11) is -7.35. The summed E-state index contributed by atoms with van der Waals surface area (Å²) in [6.45, 7) is 3.17. The van der Waals surface area contributed by atoms with Crippen LogP contribution in [0, 0.1) is 0 Å². The van der Waals surface area contributed by atoms with Crippen LogP contribution in [0.1, 0.15) is 20.3 Å². The minimum absolute atomic E-state index is 0.0159. The van der Waals surface area contributed by atoms with Crippen LogP contribution < -0.4 is 24.7 Å². The van der Waals surface area contributed by atoms with Crippen LogP contribution in [0.5, 0.6) is 28.7 Å². The Labute approximate surface area is 294 Å². The molecule has 4 N–H and O–H groups in total. The number of methoxy groups -OCH3 is 4. The van der Waals surface area contributed by atoms with E-state index >= 15 is 0 Å². The molecule has 0 atom stereocenters. The lowest BCUT2D eigenvalue weighted by Gasteiger charge is -2.14. The van der Waals surface area contributed by atoms with Crippen molar-refractivity contribution >= 4 is 69.0 Å². The molecule has 20 heteroatoms. The minimum Gasteiger partial charge on any atom is -0.505 e. The fraction of sp³-hybridized carbons (Fsp3) is 0.290. The zero-order valence-corrected chi connectivity index (χ0v) is 30.7. The number of fused-ring (bicyclic) bond motifs is 1. The van der Waals surface area contributed by atoms with E-state index in [1.165, 1.54) is 71.8 Å². The van der Waals surface area contributed by atoms with E-state index < -0.39 is 51.8 Å². The standard InChI is InChI=1S/C31H35N5O12S3/c1-7-11-50(40,41)26-16-22(46-4)20(14-24(26)48-6)35-36-30-27(51(42,43)44)12-17-9-10-18(31(37)28(17)29(30)32)33-34-19-13-23(47-5)25(15-21(19)45-3)49(38,39)8-2/h9-10,12-16,37H,7-8,11,32H2,1-6H3,(H,42,43,44). The highest BCUT2D eigenvalue weighted by Gasteiger charge is 2.26. The number of hydrogen-bond acceptors (Lipinski definition) is 16. The number of nitrogens with zero attached hydrogens (tertiary/aromatic N) is 4. The summed E-state index contributed by atoms with van der Waals surface area (Å²) in [5.41, 5.74) is 5.17. The molecule has 0 fully saturated rings. The van der Waals surface area contributed by atoms with Gasteiger partial charge in [-0.1, -0.05) is 19.9 Å². The molecule has 0 heterocycles. The number of sulfone groups is 2. The Bertz CT molecular complexity index is 2400. The number of aromatic hydroxyl groups is 1. The second-order valence-corrected chi connectivity index (χ2v) is 16.3. The van der Waals surface area contributed by atoms with Gasteiger partial charge in [0.05, 0.1) is 51.0 Å². The van der Waals surface area contributed by atoms with E-state index in [4.69, 9.17) is 24.7 Å². The lowest BCUT2D eigenvalue weighted by atomic mass is 10.1. The van der Waals surface area contributed by atoms with Crippen LogP contribution in [-0.4, -0.2) is 74.9 Å². The van der Waals surface area contributed by atoms with E-state index in [0.717, 1.165) is 6.07 Å². The predicted molar refractivity (Wildman–Crippen MR) is 187 cm³/mol. The van der Waals surface area contributed by atoms with E-state index in [-0.39, 0.29) is 72.1 Å². The third-order valence-electron chi connectivity index (χ3n) is 7.49. The molecule has 0 aliphatic rings. The average molecular weight is 766 g/mol. The Kier molecular flexibility index (Phi) is 11.4. The zero-order chi connectivity index (χ0) is 37.9. The maximum Gasteiger partial charge on any atom is 0.296 e. The largest absolute Gasteiger partial charge is 0.505 e. The molecule has 4 aromatic rings. The highest BCUT2D eigenvalue weighted by molar-refractivity contribution is 7.91. The summed E-state index contributed by atoms with van der Waals surface area (Å²) in [4.78, 5) is -1.03. The van der Waals surface area contributed by atoms with Gasteiger partial charge in [-0.3, -0.25) is 4.55 Å². The number of rotatable bonds is 14. The molecule has 0 amide bonds. The normalized spacial score (nSPS) is 12.5. The molecule has 0 unspecified atom stereocenters. The van der Waals surface area contributed by atoms with E-state index in [2.05, 4.69) is 20.5 Å². The van der Waals surface area contributed by atoms with E-state index in [0.29, 0.717) is 6.42 Å². The molecule has 4 aromatic carbocycles. The van der Waals surface area contributed by atoms with Crippen molar-refractivity contribution in [1.82, 2.24) is 0 Å². The van der Waals surface area contributed by atoms with Gasteiger partial charge >= 0.3 is 0 Å². The molecule has 51 heavy (non-hydrogen) atoms. The van der Waals surface area contributed by atoms with Gasteiger partial charge in [-0.15, -0.1) is 20.5 Å². The lowest BCUT2D eigenvalue weighted by molar-refractivity contribution is 0.393. The maximum atomic E-state index is 12.8. The molecular weight excluding hydrogens is 731 g/mol. The monoisotopic (exact) mass is 765 g/mol. The first-order chi connectivity index (χ1) is 24.0. The Morgan fingerprint density at radius 1 is 0.647 bits per heavy atom. The van der Waals surface area contributed by atoms with Crippen molar-refractivity contribution in [3.8, 4) is 28.7 Å². The number of nitrogen functional groups attached to an aromatic ring is 1. The Morgan fingerprint density at radius 2 is 1.14 bits per heavy atom. The zero-order valence-electron chi connectivity index (χ0n) is 28.2. The van der Waals surface area contributed by atoms with E-state index in [1.54, 1.807) is 6.92 Å². The number of benzene rings is 4. The number of ether oxygens (including phenoxy) is 4. The van der Waals surface area contributed by atoms with Crippen molar-refractivity contribution in [3.63, 3.8) is 0 Å².